The van der Waals surface area contributed by atoms with Gasteiger partial charge in [0.1, 0.15) is 0 Å². The molecule has 0 fully saturated rings. The van der Waals surface area contributed by atoms with E-state index in [0.29, 0.717) is 10.7 Å². The maximum Gasteiger partial charge on any atom is 0.218 e. The molecular formula is C15H11N5S. The third kappa shape index (κ3) is 2.78. The van der Waals surface area contributed by atoms with Gasteiger partial charge in [0.25, 0.3) is 0 Å². The van der Waals surface area contributed by atoms with Crippen LogP contribution < -0.4 is 0 Å². The average Bonchev–Trinajstić information content (AvgIpc) is 2.96. The molecule has 0 N–H and O–H groups in total. The Hall–Kier alpha value is -2.65. The van der Waals surface area contributed by atoms with Gasteiger partial charge in [-0.2, -0.15) is 9.94 Å². The molecule has 5 nitrogen and oxygen atoms in total. The Kier molecular flexibility index (Phi) is 3.67. The summed E-state index contributed by atoms with van der Waals surface area (Å²) in [4.78, 5) is 0.999. The SMILES string of the molecule is Cc1cc(Sc2nnnn2-c2ccccc2)ccc1C#N. The van der Waals surface area contributed by atoms with E-state index in [1.807, 2.05) is 55.5 Å². The van der Waals surface area contributed by atoms with Gasteiger partial charge in [0.15, 0.2) is 0 Å². The Morgan fingerprint density at radius 3 is 2.67 bits per heavy atom. The van der Waals surface area contributed by atoms with Crippen LogP contribution in [0.3, 0.4) is 0 Å². The van der Waals surface area contributed by atoms with Crippen LogP contribution in [0.15, 0.2) is 58.6 Å². The number of aryl methyl sites for hydroxylation is 1. The van der Waals surface area contributed by atoms with Crippen molar-refractivity contribution in [1.29, 1.82) is 5.26 Å². The third-order valence-electron chi connectivity index (χ3n) is 2.97. The van der Waals surface area contributed by atoms with Gasteiger partial charge in [0, 0.05) is 4.90 Å². The molecule has 0 radical (unpaired) electrons. The topological polar surface area (TPSA) is 67.4 Å². The molecule has 0 saturated heterocycles. The molecule has 0 spiro atoms. The molecular weight excluding hydrogens is 282 g/mol. The van der Waals surface area contributed by atoms with Crippen LogP contribution in [0.25, 0.3) is 5.69 Å². The van der Waals surface area contributed by atoms with Crippen molar-refractivity contribution in [3.8, 4) is 11.8 Å². The highest BCUT2D eigenvalue weighted by molar-refractivity contribution is 7.99. The minimum absolute atomic E-state index is 0.682. The molecule has 102 valence electrons. The smallest absolute Gasteiger partial charge is 0.192 e. The molecule has 0 atom stereocenters. The number of hydrogen-bond acceptors (Lipinski definition) is 5. The molecule has 3 aromatic rings. The van der Waals surface area contributed by atoms with E-state index in [-0.39, 0.29) is 0 Å². The second-order valence-corrected chi connectivity index (χ2v) is 5.44. The molecule has 0 aliphatic carbocycles. The summed E-state index contributed by atoms with van der Waals surface area (Å²) in [7, 11) is 0. The Morgan fingerprint density at radius 1 is 1.14 bits per heavy atom. The summed E-state index contributed by atoms with van der Waals surface area (Å²) in [5.41, 5.74) is 2.54. The van der Waals surface area contributed by atoms with Crippen molar-refractivity contribution in [3.05, 3.63) is 59.7 Å². The Bertz CT molecular complexity index is 804. The van der Waals surface area contributed by atoms with Gasteiger partial charge in [-0.15, -0.1) is 5.10 Å². The van der Waals surface area contributed by atoms with Crippen LogP contribution in [-0.2, 0) is 0 Å². The van der Waals surface area contributed by atoms with E-state index in [1.165, 1.54) is 11.8 Å². The molecule has 3 rings (SSSR count). The first-order valence-electron chi connectivity index (χ1n) is 6.30. The second-order valence-electron chi connectivity index (χ2n) is 4.40. The van der Waals surface area contributed by atoms with E-state index in [9.17, 15) is 0 Å². The van der Waals surface area contributed by atoms with Gasteiger partial charge in [0.05, 0.1) is 17.3 Å². The van der Waals surface area contributed by atoms with Crippen LogP contribution in [0.1, 0.15) is 11.1 Å². The van der Waals surface area contributed by atoms with Crippen LogP contribution in [0.5, 0.6) is 0 Å². The largest absolute Gasteiger partial charge is 0.218 e. The lowest BCUT2D eigenvalue weighted by molar-refractivity contribution is 0.756. The fraction of sp³-hybridized carbons (Fsp3) is 0.0667. The molecule has 1 aromatic heterocycles. The molecule has 0 amide bonds. The lowest BCUT2D eigenvalue weighted by atomic mass is 10.1. The summed E-state index contributed by atoms with van der Waals surface area (Å²) in [6.07, 6.45) is 0. The normalized spacial score (nSPS) is 10.3. The van der Waals surface area contributed by atoms with E-state index in [1.54, 1.807) is 4.68 Å². The number of benzene rings is 2. The minimum atomic E-state index is 0.682. The summed E-state index contributed by atoms with van der Waals surface area (Å²) < 4.78 is 1.69. The van der Waals surface area contributed by atoms with Crippen LogP contribution in [0.4, 0.5) is 0 Å². The molecule has 0 unspecified atom stereocenters. The van der Waals surface area contributed by atoms with Crippen LogP contribution in [0.2, 0.25) is 0 Å². The first kappa shape index (κ1) is 13.3. The quantitative estimate of drug-likeness (QED) is 0.742. The van der Waals surface area contributed by atoms with Crippen molar-refractivity contribution in [1.82, 2.24) is 20.2 Å². The zero-order valence-corrected chi connectivity index (χ0v) is 12.1. The molecule has 6 heteroatoms. The summed E-state index contributed by atoms with van der Waals surface area (Å²) in [6.45, 7) is 1.92. The predicted molar refractivity (Wildman–Crippen MR) is 79.2 cm³/mol. The minimum Gasteiger partial charge on any atom is -0.192 e. The maximum absolute atomic E-state index is 8.97. The molecule has 2 aromatic carbocycles. The Morgan fingerprint density at radius 2 is 1.95 bits per heavy atom. The number of tetrazole rings is 1. The number of nitriles is 1. The fourth-order valence-electron chi connectivity index (χ4n) is 1.90. The fourth-order valence-corrected chi connectivity index (χ4v) is 2.79. The lowest BCUT2D eigenvalue weighted by Crippen LogP contribution is -1.98. The van der Waals surface area contributed by atoms with Gasteiger partial charge in [-0.1, -0.05) is 18.2 Å². The first-order valence-corrected chi connectivity index (χ1v) is 7.12. The molecule has 1 heterocycles. The summed E-state index contributed by atoms with van der Waals surface area (Å²) in [6, 6.07) is 17.6. The van der Waals surface area contributed by atoms with Crippen LogP contribution >= 0.6 is 11.8 Å². The highest BCUT2D eigenvalue weighted by atomic mass is 32.2. The zero-order valence-electron chi connectivity index (χ0n) is 11.3. The van der Waals surface area contributed by atoms with Gasteiger partial charge in [-0.05, 0) is 65.0 Å². The van der Waals surface area contributed by atoms with Gasteiger partial charge < -0.3 is 0 Å². The molecule has 0 aliphatic rings. The zero-order chi connectivity index (χ0) is 14.7. The second kappa shape index (κ2) is 5.77. The predicted octanol–water partition coefficient (Wildman–Crippen LogP) is 2.99. The van der Waals surface area contributed by atoms with Crippen molar-refractivity contribution < 1.29 is 0 Å². The first-order chi connectivity index (χ1) is 10.3. The number of aromatic nitrogens is 4. The Balaban J connectivity index is 1.92. The molecule has 0 saturated carbocycles. The van der Waals surface area contributed by atoms with Gasteiger partial charge in [-0.25, -0.2) is 0 Å². The monoisotopic (exact) mass is 293 g/mol. The van der Waals surface area contributed by atoms with Gasteiger partial charge in [0.2, 0.25) is 5.16 Å². The van der Waals surface area contributed by atoms with E-state index in [0.717, 1.165) is 16.1 Å². The number of para-hydroxylation sites is 1. The highest BCUT2D eigenvalue weighted by Gasteiger charge is 2.10. The van der Waals surface area contributed by atoms with E-state index >= 15 is 0 Å². The van der Waals surface area contributed by atoms with Crippen molar-refractivity contribution in [2.75, 3.05) is 0 Å². The third-order valence-corrected chi connectivity index (χ3v) is 3.90. The van der Waals surface area contributed by atoms with Crippen LogP contribution in [0, 0.1) is 18.3 Å². The molecule has 0 aliphatic heterocycles. The van der Waals surface area contributed by atoms with Crippen molar-refractivity contribution in [2.45, 2.75) is 17.0 Å². The van der Waals surface area contributed by atoms with Gasteiger partial charge in [-0.3, -0.25) is 0 Å². The van der Waals surface area contributed by atoms with Crippen molar-refractivity contribution in [2.24, 2.45) is 0 Å². The van der Waals surface area contributed by atoms with E-state index in [2.05, 4.69) is 21.6 Å². The maximum atomic E-state index is 8.97. The summed E-state index contributed by atoms with van der Waals surface area (Å²) in [5.74, 6) is 0. The highest BCUT2D eigenvalue weighted by Crippen LogP contribution is 2.28. The lowest BCUT2D eigenvalue weighted by Gasteiger charge is -2.05. The van der Waals surface area contributed by atoms with Gasteiger partial charge >= 0.3 is 0 Å². The van der Waals surface area contributed by atoms with Crippen molar-refractivity contribution >= 4 is 11.8 Å². The number of nitrogens with zero attached hydrogens (tertiary/aromatic N) is 5. The standard InChI is InChI=1S/C15H11N5S/c1-11-9-14(8-7-12(11)10-16)21-15-17-18-19-20(15)13-5-3-2-4-6-13/h2-9H,1H3. The Labute approximate surface area is 126 Å². The summed E-state index contributed by atoms with van der Waals surface area (Å²) >= 11 is 1.47. The van der Waals surface area contributed by atoms with Crippen LogP contribution in [-0.4, -0.2) is 20.2 Å². The molecule has 21 heavy (non-hydrogen) atoms. The number of hydrogen-bond donors (Lipinski definition) is 0. The van der Waals surface area contributed by atoms with E-state index < -0.39 is 0 Å². The van der Waals surface area contributed by atoms with E-state index in [4.69, 9.17) is 5.26 Å². The molecule has 0 bridgehead atoms. The van der Waals surface area contributed by atoms with Crippen molar-refractivity contribution in [3.63, 3.8) is 0 Å². The summed E-state index contributed by atoms with van der Waals surface area (Å²) in [5, 5.41) is 21.5. The average molecular weight is 293 g/mol. The number of rotatable bonds is 3.